The van der Waals surface area contributed by atoms with Gasteiger partial charge in [0.15, 0.2) is 6.10 Å². The van der Waals surface area contributed by atoms with E-state index in [4.69, 9.17) is 4.74 Å². The molecule has 2 aliphatic heterocycles. The normalized spacial score (nSPS) is 16.4. The van der Waals surface area contributed by atoms with E-state index in [-0.39, 0.29) is 5.91 Å². The number of piperidine rings is 1. The number of hydrogen-bond acceptors (Lipinski definition) is 4. The lowest BCUT2D eigenvalue weighted by molar-refractivity contribution is -0.160. The monoisotopic (exact) mass is 568 g/mol. The SMILES string of the molecule is Cc1ccc(-c2c(C)c3c(c(C)c2[C@H](OC(C)(C)C)C(=O)O)CN(Cc2cccc(C(=O)N4CCCCC4)c2)C3)cc1. The second-order valence-corrected chi connectivity index (χ2v) is 13.0. The number of aliphatic carboxylic acids is 1. The zero-order chi connectivity index (χ0) is 30.2. The van der Waals surface area contributed by atoms with Gasteiger partial charge in [0.2, 0.25) is 0 Å². The van der Waals surface area contributed by atoms with Crippen molar-refractivity contribution in [2.75, 3.05) is 13.1 Å². The quantitative estimate of drug-likeness (QED) is 0.322. The number of ether oxygens (including phenoxy) is 1. The number of aryl methyl sites for hydroxylation is 1. The van der Waals surface area contributed by atoms with Crippen LogP contribution in [-0.2, 0) is 29.2 Å². The first-order valence-electron chi connectivity index (χ1n) is 15.2. The minimum absolute atomic E-state index is 0.124. The number of hydrogen-bond donors (Lipinski definition) is 1. The molecular weight excluding hydrogens is 524 g/mol. The number of amides is 1. The molecule has 1 saturated heterocycles. The number of carbonyl (C=O) groups is 2. The van der Waals surface area contributed by atoms with Gasteiger partial charge in [-0.15, -0.1) is 0 Å². The van der Waals surface area contributed by atoms with E-state index in [1.165, 1.54) is 17.5 Å². The van der Waals surface area contributed by atoms with Crippen LogP contribution in [0, 0.1) is 20.8 Å². The van der Waals surface area contributed by atoms with Gasteiger partial charge in [0, 0.05) is 43.9 Å². The fourth-order valence-electron chi connectivity index (χ4n) is 6.55. The van der Waals surface area contributed by atoms with Gasteiger partial charge in [-0.2, -0.15) is 0 Å². The molecule has 2 heterocycles. The number of benzene rings is 3. The summed E-state index contributed by atoms with van der Waals surface area (Å²) in [6.45, 7) is 15.8. The van der Waals surface area contributed by atoms with Crippen molar-refractivity contribution in [3.63, 3.8) is 0 Å². The number of carbonyl (C=O) groups excluding carboxylic acids is 1. The molecule has 5 rings (SSSR count). The van der Waals surface area contributed by atoms with Crippen LogP contribution in [0.4, 0.5) is 0 Å². The van der Waals surface area contributed by atoms with Crippen LogP contribution in [0.2, 0.25) is 0 Å². The molecule has 0 aliphatic carbocycles. The summed E-state index contributed by atoms with van der Waals surface area (Å²) >= 11 is 0. The Bertz CT molecular complexity index is 1480. The second kappa shape index (κ2) is 12.0. The number of rotatable bonds is 7. The van der Waals surface area contributed by atoms with E-state index in [1.807, 2.05) is 43.9 Å². The zero-order valence-electron chi connectivity index (χ0n) is 25.9. The van der Waals surface area contributed by atoms with Gasteiger partial charge < -0.3 is 14.7 Å². The third-order valence-electron chi connectivity index (χ3n) is 8.60. The van der Waals surface area contributed by atoms with Crippen molar-refractivity contribution in [1.82, 2.24) is 9.80 Å². The predicted molar refractivity (Wildman–Crippen MR) is 166 cm³/mol. The topological polar surface area (TPSA) is 70.1 Å². The number of nitrogens with zero attached hydrogens (tertiary/aromatic N) is 2. The number of fused-ring (bicyclic) bond motifs is 1. The summed E-state index contributed by atoms with van der Waals surface area (Å²) in [4.78, 5) is 30.2. The highest BCUT2D eigenvalue weighted by atomic mass is 16.5. The van der Waals surface area contributed by atoms with Gasteiger partial charge >= 0.3 is 5.97 Å². The van der Waals surface area contributed by atoms with E-state index in [0.29, 0.717) is 6.54 Å². The molecule has 1 atom stereocenters. The van der Waals surface area contributed by atoms with E-state index in [2.05, 4.69) is 56.0 Å². The number of likely N-dealkylation sites (tertiary alicyclic amines) is 1. The molecule has 6 nitrogen and oxygen atoms in total. The van der Waals surface area contributed by atoms with Crippen LogP contribution in [0.15, 0.2) is 48.5 Å². The number of carboxylic acids is 1. The molecule has 3 aromatic rings. The maximum Gasteiger partial charge on any atom is 0.337 e. The smallest absolute Gasteiger partial charge is 0.337 e. The summed E-state index contributed by atoms with van der Waals surface area (Å²) in [5, 5.41) is 10.4. The van der Waals surface area contributed by atoms with Gasteiger partial charge in [-0.3, -0.25) is 9.69 Å². The highest BCUT2D eigenvalue weighted by Gasteiger charge is 2.35. The Morgan fingerprint density at radius 2 is 1.55 bits per heavy atom. The summed E-state index contributed by atoms with van der Waals surface area (Å²) < 4.78 is 6.23. The minimum atomic E-state index is -1.09. The molecule has 0 unspecified atom stereocenters. The Kier molecular flexibility index (Phi) is 8.58. The third kappa shape index (κ3) is 6.30. The van der Waals surface area contributed by atoms with Crippen molar-refractivity contribution < 1.29 is 19.4 Å². The Labute approximate surface area is 250 Å². The largest absolute Gasteiger partial charge is 0.479 e. The van der Waals surface area contributed by atoms with Crippen LogP contribution >= 0.6 is 0 Å². The van der Waals surface area contributed by atoms with E-state index >= 15 is 0 Å². The Morgan fingerprint density at radius 3 is 2.17 bits per heavy atom. The molecule has 0 saturated carbocycles. The van der Waals surface area contributed by atoms with Gasteiger partial charge in [-0.05, 0) is 112 Å². The van der Waals surface area contributed by atoms with Gasteiger partial charge in [0.05, 0.1) is 5.60 Å². The van der Waals surface area contributed by atoms with Crippen LogP contribution < -0.4 is 0 Å². The summed E-state index contributed by atoms with van der Waals surface area (Å²) in [5.74, 6) is -0.857. The minimum Gasteiger partial charge on any atom is -0.479 e. The maximum atomic E-state index is 13.2. The average molecular weight is 569 g/mol. The molecule has 222 valence electrons. The van der Waals surface area contributed by atoms with Crippen LogP contribution in [-0.4, -0.2) is 45.5 Å². The van der Waals surface area contributed by atoms with Crippen molar-refractivity contribution in [1.29, 1.82) is 0 Å². The van der Waals surface area contributed by atoms with Crippen LogP contribution in [0.3, 0.4) is 0 Å². The first-order chi connectivity index (χ1) is 19.9. The van der Waals surface area contributed by atoms with Gasteiger partial charge in [-0.1, -0.05) is 42.0 Å². The Morgan fingerprint density at radius 1 is 0.905 bits per heavy atom. The molecule has 6 heteroatoms. The summed E-state index contributed by atoms with van der Waals surface area (Å²) in [5.41, 5.74) is 9.63. The lowest BCUT2D eigenvalue weighted by atomic mass is 9.83. The second-order valence-electron chi connectivity index (χ2n) is 13.0. The van der Waals surface area contributed by atoms with E-state index in [9.17, 15) is 14.7 Å². The zero-order valence-corrected chi connectivity index (χ0v) is 25.9. The van der Waals surface area contributed by atoms with Crippen LogP contribution in [0.5, 0.6) is 0 Å². The van der Waals surface area contributed by atoms with Gasteiger partial charge in [0.25, 0.3) is 5.91 Å². The third-order valence-corrected chi connectivity index (χ3v) is 8.60. The first kappa shape index (κ1) is 30.0. The summed E-state index contributed by atoms with van der Waals surface area (Å²) in [6, 6.07) is 16.4. The molecule has 0 radical (unpaired) electrons. The first-order valence-corrected chi connectivity index (χ1v) is 15.2. The molecule has 1 amide bonds. The molecule has 1 fully saturated rings. The molecular formula is C36H44N2O4. The molecule has 0 spiro atoms. The van der Waals surface area contributed by atoms with Crippen molar-refractivity contribution in [2.45, 2.75) is 92.1 Å². The summed E-state index contributed by atoms with van der Waals surface area (Å²) in [6.07, 6.45) is 2.26. The molecule has 1 N–H and O–H groups in total. The predicted octanol–water partition coefficient (Wildman–Crippen LogP) is 7.36. The Balaban J connectivity index is 1.50. The molecule has 3 aromatic carbocycles. The Hall–Kier alpha value is -3.48. The van der Waals surface area contributed by atoms with Crippen molar-refractivity contribution in [3.05, 3.63) is 93.0 Å². The van der Waals surface area contributed by atoms with Crippen LogP contribution in [0.25, 0.3) is 11.1 Å². The van der Waals surface area contributed by atoms with Gasteiger partial charge in [-0.25, -0.2) is 4.79 Å². The van der Waals surface area contributed by atoms with Crippen LogP contribution in [0.1, 0.15) is 95.4 Å². The van der Waals surface area contributed by atoms with E-state index in [0.717, 1.165) is 83.5 Å². The van der Waals surface area contributed by atoms with Gasteiger partial charge in [0.1, 0.15) is 0 Å². The lowest BCUT2D eigenvalue weighted by Gasteiger charge is -2.30. The molecule has 2 aliphatic rings. The highest BCUT2D eigenvalue weighted by molar-refractivity contribution is 5.94. The van der Waals surface area contributed by atoms with Crippen molar-refractivity contribution >= 4 is 11.9 Å². The molecule has 42 heavy (non-hydrogen) atoms. The highest BCUT2D eigenvalue weighted by Crippen LogP contribution is 2.44. The summed E-state index contributed by atoms with van der Waals surface area (Å²) in [7, 11) is 0. The standard InChI is InChI=1S/C36H44N2O4/c1-23-13-15-27(16-14-23)31-24(2)29-21-37(22-30(29)25(3)32(31)33(35(40)41)42-36(4,5)6)20-26-11-10-12-28(19-26)34(39)38-17-8-7-9-18-38/h10-16,19,33H,7-9,17-18,20-22H2,1-6H3,(H,40,41)/t33-/m0/s1. The maximum absolute atomic E-state index is 13.2. The average Bonchev–Trinajstić information content (AvgIpc) is 3.38. The van der Waals surface area contributed by atoms with E-state index in [1.54, 1.807) is 0 Å². The molecule has 0 bridgehead atoms. The molecule has 0 aromatic heterocycles. The fraction of sp³-hybridized carbons (Fsp3) is 0.444. The van der Waals surface area contributed by atoms with Crippen molar-refractivity contribution in [2.24, 2.45) is 0 Å². The number of carboxylic acid groups (broad SMARTS) is 1. The van der Waals surface area contributed by atoms with Crippen molar-refractivity contribution in [3.8, 4) is 11.1 Å². The fourth-order valence-corrected chi connectivity index (χ4v) is 6.55. The lowest BCUT2D eigenvalue weighted by Crippen LogP contribution is -2.35. The van der Waals surface area contributed by atoms with E-state index < -0.39 is 17.7 Å².